The van der Waals surface area contributed by atoms with Gasteiger partial charge in [-0.15, -0.1) is 0 Å². The van der Waals surface area contributed by atoms with E-state index < -0.39 is 6.71 Å². The topological polar surface area (TPSA) is 16.3 Å². The van der Waals surface area contributed by atoms with Crippen molar-refractivity contribution < 1.29 is 11.0 Å². The number of benzene rings is 13. The third-order valence-electron chi connectivity index (χ3n) is 19.6. The fourth-order valence-corrected chi connectivity index (χ4v) is 16.0. The first-order valence-corrected chi connectivity index (χ1v) is 34.4. The zero-order valence-corrected chi connectivity index (χ0v) is 57.1. The van der Waals surface area contributed by atoms with Gasteiger partial charge in [0, 0.05) is 77.9 Å². The summed E-state index contributed by atoms with van der Waals surface area (Å²) in [4.78, 5) is 5.04. The quantitative estimate of drug-likeness (QED) is 0.120. The first kappa shape index (κ1) is 52.3. The normalized spacial score (nSPS) is 14.2. The highest BCUT2D eigenvalue weighted by molar-refractivity contribution is 7.00. The fourth-order valence-electron chi connectivity index (χ4n) is 16.0. The average molecular weight is 1270 g/mol. The lowest BCUT2D eigenvalue weighted by Gasteiger charge is -2.46. The van der Waals surface area contributed by atoms with Crippen LogP contribution in [-0.4, -0.2) is 15.8 Å². The number of nitrogens with zero attached hydrogens (tertiary/aromatic N) is 4. The van der Waals surface area contributed by atoms with Gasteiger partial charge in [-0.3, -0.25) is 0 Å². The van der Waals surface area contributed by atoms with Crippen LogP contribution >= 0.6 is 0 Å². The van der Waals surface area contributed by atoms with Crippen LogP contribution in [0.15, 0.2) is 291 Å². The summed E-state index contributed by atoms with van der Waals surface area (Å²) in [6.45, 7) is 19.7. The third kappa shape index (κ3) is 10.6. The van der Waals surface area contributed by atoms with Crippen LogP contribution in [0.2, 0.25) is 0 Å². The highest BCUT2D eigenvalue weighted by Crippen LogP contribution is 2.54. The van der Waals surface area contributed by atoms with Crippen LogP contribution in [-0.2, 0) is 19.3 Å². The van der Waals surface area contributed by atoms with Gasteiger partial charge in [0.25, 0.3) is 6.71 Å². The molecule has 0 aliphatic carbocycles. The molecule has 13 aromatic carbocycles. The zero-order chi connectivity index (χ0) is 73.7. The Bertz CT molecular complexity index is 5630. The van der Waals surface area contributed by atoms with E-state index in [4.69, 9.17) is 0 Å². The molecule has 0 saturated carbocycles. The van der Waals surface area contributed by atoms with E-state index >= 15 is 0 Å². The van der Waals surface area contributed by atoms with Gasteiger partial charge in [-0.25, -0.2) is 0 Å². The number of rotatable bonds is 11. The molecule has 2 aromatic heterocycles. The highest BCUT2D eigenvalue weighted by atomic mass is 15.2. The molecule has 0 N–H and O–H groups in total. The summed E-state index contributed by atoms with van der Waals surface area (Å²) in [5.41, 5.74) is 23.6. The average Bonchev–Trinajstić information content (AvgIpc) is 0.796. The Kier molecular flexibility index (Phi) is 12.5. The number of fused-ring (bicyclic) bond motifs is 10. The number of hydrogen-bond donors (Lipinski definition) is 0. The Morgan fingerprint density at radius 1 is 0.306 bits per heavy atom. The molecule has 5 heteroatoms. The summed E-state index contributed by atoms with van der Waals surface area (Å²) in [6.07, 6.45) is 2.22. The SMILES string of the molecule is [2H]c1c([2H])c([2H])c2c(c1[2H])c1cc(CC(C)(C)C)ccc1n2-c1ccc2c(c1)N(c1c(-c3ccccc3)cccc1-c1ccccc1)c1cc(CC(C)(C)C)cc3c1B2c1ccc(-n2c4ccc(CC(C)(C)C)cc4c4c([2H])c([2H])c([2H])c([2H])c42)cc1N3c1c(-c2ccccc2)cccc1-c1ccccc1. The second-order valence-corrected chi connectivity index (χ2v) is 30.5. The van der Waals surface area contributed by atoms with Crippen molar-refractivity contribution >= 4 is 101 Å². The minimum absolute atomic E-state index is 0.0606. The van der Waals surface area contributed by atoms with Gasteiger partial charge >= 0.3 is 0 Å². The molecule has 0 amide bonds. The summed E-state index contributed by atoms with van der Waals surface area (Å²) in [5.74, 6) is 0. The van der Waals surface area contributed by atoms with Gasteiger partial charge in [0.2, 0.25) is 0 Å². The van der Waals surface area contributed by atoms with E-state index in [9.17, 15) is 11.0 Å². The maximum absolute atomic E-state index is 9.93. The van der Waals surface area contributed by atoms with E-state index in [2.05, 4.69) is 324 Å². The second-order valence-electron chi connectivity index (χ2n) is 30.5. The lowest BCUT2D eigenvalue weighted by Crippen LogP contribution is -2.61. The Labute approximate surface area is 589 Å². The van der Waals surface area contributed by atoms with Gasteiger partial charge in [0.05, 0.1) is 44.4 Å². The molecule has 476 valence electrons. The fraction of sp³-hybridized carbons (Fsp3) is 0.161. The lowest BCUT2D eigenvalue weighted by molar-refractivity contribution is 0.411. The number of para-hydroxylation sites is 4. The summed E-state index contributed by atoms with van der Waals surface area (Å²) in [6, 6.07) is 85.4. The molecule has 0 saturated heterocycles. The van der Waals surface area contributed by atoms with Gasteiger partial charge < -0.3 is 18.9 Å². The number of hydrogen-bond acceptors (Lipinski definition) is 2. The lowest BCUT2D eigenvalue weighted by atomic mass is 9.33. The Hall–Kier alpha value is -10.9. The molecule has 98 heavy (non-hydrogen) atoms. The molecule has 4 heterocycles. The molecule has 15 aromatic rings. The van der Waals surface area contributed by atoms with Gasteiger partial charge in [0.15, 0.2) is 0 Å². The Balaban J connectivity index is 1.05. The summed E-state index contributed by atoms with van der Waals surface area (Å²) < 4.78 is 80.5. The van der Waals surface area contributed by atoms with Crippen molar-refractivity contribution in [1.82, 2.24) is 9.13 Å². The van der Waals surface area contributed by atoms with Crippen molar-refractivity contribution in [3.8, 4) is 55.9 Å². The predicted octanol–water partition coefficient (Wildman–Crippen LogP) is 23.4. The van der Waals surface area contributed by atoms with Crippen LogP contribution in [0.4, 0.5) is 34.1 Å². The first-order valence-electron chi connectivity index (χ1n) is 38.4. The van der Waals surface area contributed by atoms with Crippen molar-refractivity contribution in [3.05, 3.63) is 308 Å². The largest absolute Gasteiger partial charge is 0.310 e. The Morgan fingerprint density at radius 3 is 1.01 bits per heavy atom. The molecule has 17 rings (SSSR count). The number of anilines is 6. The molecule has 0 radical (unpaired) electrons. The maximum Gasteiger partial charge on any atom is 0.252 e. The van der Waals surface area contributed by atoms with Crippen molar-refractivity contribution in [1.29, 1.82) is 0 Å². The van der Waals surface area contributed by atoms with E-state index in [1.165, 1.54) is 0 Å². The minimum Gasteiger partial charge on any atom is -0.310 e. The van der Waals surface area contributed by atoms with Gasteiger partial charge in [-0.1, -0.05) is 281 Å². The van der Waals surface area contributed by atoms with Crippen LogP contribution < -0.4 is 26.2 Å². The molecular weight excluding hydrogens is 1180 g/mol. The molecule has 2 aliphatic rings. The van der Waals surface area contributed by atoms with Crippen LogP contribution in [0, 0.1) is 16.2 Å². The molecule has 0 unspecified atom stereocenters. The van der Waals surface area contributed by atoms with Crippen LogP contribution in [0.1, 0.15) is 90.0 Å². The van der Waals surface area contributed by atoms with Gasteiger partial charge in [0.1, 0.15) is 0 Å². The zero-order valence-electron chi connectivity index (χ0n) is 65.1. The van der Waals surface area contributed by atoms with Crippen LogP contribution in [0.5, 0.6) is 0 Å². The molecule has 4 nitrogen and oxygen atoms in total. The highest BCUT2D eigenvalue weighted by Gasteiger charge is 2.46. The molecule has 0 bridgehead atoms. The maximum atomic E-state index is 9.93. The third-order valence-corrected chi connectivity index (χ3v) is 19.6. The monoisotopic (exact) mass is 1270 g/mol. The predicted molar refractivity (Wildman–Crippen MR) is 420 cm³/mol. The number of aromatic nitrogens is 2. The van der Waals surface area contributed by atoms with Crippen LogP contribution in [0.3, 0.4) is 0 Å². The molecule has 0 fully saturated rings. The molecule has 0 atom stereocenters. The van der Waals surface area contributed by atoms with E-state index in [1.807, 2.05) is 0 Å². The standard InChI is InChI=1S/C93H81BN4/c1-91(2,3)58-61-44-50-82-76(52-61)74-36-22-24-42-80(74)95(82)68-46-48-78-84(56-68)97(89-70(64-28-14-10-15-29-64)38-26-39-71(89)65-30-16-11-17-31-65)86-54-63(60-93(7,8)9)55-87-88(86)94(78)79-49-47-69(96-81-43-25-23-37-75(81)77-53-62(45-51-83(77)96)59-92(4,5)6)57-85(79)98(87)90-72(66-32-18-12-19-33-66)40-27-41-73(90)67-34-20-13-21-35-67/h10-57H,58-60H2,1-9H3/i22D,23D,24D,25D,36D,37D,42D,43D. The van der Waals surface area contributed by atoms with E-state index in [1.54, 1.807) is 0 Å². The van der Waals surface area contributed by atoms with Crippen molar-refractivity contribution in [2.24, 2.45) is 16.2 Å². The summed E-state index contributed by atoms with van der Waals surface area (Å²) in [7, 11) is 0. The summed E-state index contributed by atoms with van der Waals surface area (Å²) >= 11 is 0. The van der Waals surface area contributed by atoms with E-state index in [0.717, 1.165) is 158 Å². The molecular formula is C93H81BN4. The van der Waals surface area contributed by atoms with Crippen molar-refractivity contribution in [2.75, 3.05) is 9.80 Å². The van der Waals surface area contributed by atoms with Crippen LogP contribution in [0.25, 0.3) is 99.5 Å². The minimum atomic E-state index is -0.465. The van der Waals surface area contributed by atoms with Gasteiger partial charge in [-0.2, -0.15) is 0 Å². The van der Waals surface area contributed by atoms with Gasteiger partial charge in [-0.05, 0) is 164 Å². The summed E-state index contributed by atoms with van der Waals surface area (Å²) in [5, 5.41) is 2.46. The molecule has 2 aliphatic heterocycles. The van der Waals surface area contributed by atoms with Crippen molar-refractivity contribution in [2.45, 2.75) is 81.6 Å². The van der Waals surface area contributed by atoms with E-state index in [-0.39, 0.29) is 64.6 Å². The first-order chi connectivity index (χ1) is 50.8. The second kappa shape index (κ2) is 23.5. The van der Waals surface area contributed by atoms with Crippen molar-refractivity contribution in [3.63, 3.8) is 0 Å². The Morgan fingerprint density at radius 2 is 0.653 bits per heavy atom. The smallest absolute Gasteiger partial charge is 0.252 e. The van der Waals surface area contributed by atoms with E-state index in [0.29, 0.717) is 28.2 Å². The molecule has 0 spiro atoms.